The van der Waals surface area contributed by atoms with Gasteiger partial charge in [-0.2, -0.15) is 4.31 Å². The highest BCUT2D eigenvalue weighted by Crippen LogP contribution is 2.32. The van der Waals surface area contributed by atoms with Gasteiger partial charge in [-0.25, -0.2) is 8.42 Å². The summed E-state index contributed by atoms with van der Waals surface area (Å²) in [6, 6.07) is 7.53. The van der Waals surface area contributed by atoms with Crippen molar-refractivity contribution in [3.05, 3.63) is 48.6 Å². The van der Waals surface area contributed by atoms with Crippen molar-refractivity contribution in [1.29, 1.82) is 0 Å². The van der Waals surface area contributed by atoms with E-state index in [4.69, 9.17) is 8.83 Å². The number of hydrogen-bond donors (Lipinski definition) is 0. The lowest BCUT2D eigenvalue weighted by molar-refractivity contribution is -0.274. The Morgan fingerprint density at radius 1 is 1.07 bits per heavy atom. The summed E-state index contributed by atoms with van der Waals surface area (Å²) in [4.78, 5) is -0.103. The van der Waals surface area contributed by atoms with Crippen LogP contribution in [0.4, 0.5) is 13.2 Å². The molecule has 1 saturated heterocycles. The minimum Gasteiger partial charge on any atom is -0.459 e. The van der Waals surface area contributed by atoms with Gasteiger partial charge in [0.15, 0.2) is 5.76 Å². The molecule has 3 aromatic rings. The summed E-state index contributed by atoms with van der Waals surface area (Å²) in [6.45, 7) is 0.429. The maximum Gasteiger partial charge on any atom is 0.573 e. The van der Waals surface area contributed by atoms with Crippen molar-refractivity contribution in [3.63, 3.8) is 0 Å². The van der Waals surface area contributed by atoms with Gasteiger partial charge in [-0.15, -0.1) is 23.4 Å². The van der Waals surface area contributed by atoms with Crippen LogP contribution >= 0.6 is 0 Å². The van der Waals surface area contributed by atoms with Crippen molar-refractivity contribution in [2.45, 2.75) is 30.0 Å². The zero-order chi connectivity index (χ0) is 21.4. The topological polar surface area (TPSA) is 98.7 Å². The van der Waals surface area contributed by atoms with Gasteiger partial charge in [0.2, 0.25) is 15.9 Å². The van der Waals surface area contributed by atoms with E-state index in [2.05, 4.69) is 14.9 Å². The Labute approximate surface area is 169 Å². The number of sulfonamides is 1. The molecule has 1 aliphatic rings. The summed E-state index contributed by atoms with van der Waals surface area (Å²) in [6.07, 6.45) is -2.42. The third kappa shape index (κ3) is 4.33. The van der Waals surface area contributed by atoms with Crippen LogP contribution in [0.2, 0.25) is 0 Å². The van der Waals surface area contributed by atoms with E-state index in [1.807, 2.05) is 0 Å². The molecule has 0 bridgehead atoms. The Kier molecular flexibility index (Phi) is 5.28. The Bertz CT molecular complexity index is 1090. The molecule has 0 amide bonds. The molecule has 1 aliphatic heterocycles. The largest absolute Gasteiger partial charge is 0.573 e. The first-order valence-electron chi connectivity index (χ1n) is 8.95. The van der Waals surface area contributed by atoms with Crippen LogP contribution in [0.3, 0.4) is 0 Å². The van der Waals surface area contributed by atoms with Crippen LogP contribution in [0.25, 0.3) is 11.7 Å². The van der Waals surface area contributed by atoms with Gasteiger partial charge >= 0.3 is 6.36 Å². The second kappa shape index (κ2) is 7.76. The monoisotopic (exact) mass is 443 g/mol. The average molecular weight is 443 g/mol. The Morgan fingerprint density at radius 3 is 2.37 bits per heavy atom. The first-order valence-corrected chi connectivity index (χ1v) is 10.4. The fraction of sp³-hybridized carbons (Fsp3) is 0.333. The molecule has 0 saturated carbocycles. The number of ether oxygens (including phenoxy) is 1. The highest BCUT2D eigenvalue weighted by Gasteiger charge is 2.33. The maximum absolute atomic E-state index is 12.8. The second-order valence-electron chi connectivity index (χ2n) is 6.62. The zero-order valence-electron chi connectivity index (χ0n) is 15.4. The number of furan rings is 1. The highest BCUT2D eigenvalue weighted by molar-refractivity contribution is 7.89. The molecular weight excluding hydrogens is 427 g/mol. The maximum atomic E-state index is 12.8. The highest BCUT2D eigenvalue weighted by atomic mass is 32.2. The van der Waals surface area contributed by atoms with Crippen molar-refractivity contribution >= 4 is 10.0 Å². The molecule has 0 spiro atoms. The van der Waals surface area contributed by atoms with Gasteiger partial charge in [0.1, 0.15) is 5.75 Å². The van der Waals surface area contributed by atoms with Crippen molar-refractivity contribution in [2.75, 3.05) is 13.1 Å². The number of halogens is 3. The van der Waals surface area contributed by atoms with Gasteiger partial charge in [0.25, 0.3) is 5.89 Å². The zero-order valence-corrected chi connectivity index (χ0v) is 16.2. The first-order chi connectivity index (χ1) is 14.2. The van der Waals surface area contributed by atoms with E-state index >= 15 is 0 Å². The van der Waals surface area contributed by atoms with Gasteiger partial charge in [-0.3, -0.25) is 0 Å². The van der Waals surface area contributed by atoms with Crippen LogP contribution in [0.1, 0.15) is 24.7 Å². The Hall–Kier alpha value is -2.86. The van der Waals surface area contributed by atoms with Crippen LogP contribution in [0.5, 0.6) is 5.75 Å². The number of aromatic nitrogens is 2. The normalized spacial score (nSPS) is 16.6. The molecule has 30 heavy (non-hydrogen) atoms. The minimum atomic E-state index is -4.84. The second-order valence-corrected chi connectivity index (χ2v) is 8.56. The van der Waals surface area contributed by atoms with Gasteiger partial charge in [0, 0.05) is 19.0 Å². The standard InChI is InChI=1S/C18H16F3N3O5S/c19-18(20,21)29-13-3-5-14(6-4-13)30(25,26)24-9-7-12(8-10-24)16-22-23-17(28-16)15-2-1-11-27-15/h1-6,11-12H,7-10H2. The van der Waals surface area contributed by atoms with E-state index in [-0.39, 0.29) is 29.8 Å². The quantitative estimate of drug-likeness (QED) is 0.592. The van der Waals surface area contributed by atoms with E-state index in [0.717, 1.165) is 24.3 Å². The number of piperidine rings is 1. The van der Waals surface area contributed by atoms with Crippen LogP contribution < -0.4 is 4.74 Å². The molecule has 0 unspecified atom stereocenters. The Morgan fingerprint density at radius 2 is 1.77 bits per heavy atom. The first kappa shape index (κ1) is 20.4. The number of benzene rings is 1. The van der Waals surface area contributed by atoms with Gasteiger partial charge in [-0.1, -0.05) is 0 Å². The summed E-state index contributed by atoms with van der Waals surface area (Å²) >= 11 is 0. The number of rotatable bonds is 5. The van der Waals surface area contributed by atoms with Crippen LogP contribution in [0, 0.1) is 0 Å². The van der Waals surface area contributed by atoms with Crippen LogP contribution in [-0.4, -0.2) is 42.4 Å². The number of alkyl halides is 3. The predicted octanol–water partition coefficient (Wildman–Crippen LogP) is 3.80. The van der Waals surface area contributed by atoms with E-state index in [0.29, 0.717) is 24.5 Å². The van der Waals surface area contributed by atoms with Gasteiger partial charge in [0.05, 0.1) is 11.2 Å². The molecule has 0 radical (unpaired) electrons. The molecule has 4 rings (SSSR count). The molecule has 8 nitrogen and oxygen atoms in total. The summed E-state index contributed by atoms with van der Waals surface area (Å²) in [5.41, 5.74) is 0. The fourth-order valence-electron chi connectivity index (χ4n) is 3.20. The van der Waals surface area contributed by atoms with Crippen molar-refractivity contribution < 1.29 is 35.2 Å². The molecule has 0 aliphatic carbocycles. The molecule has 0 atom stereocenters. The lowest BCUT2D eigenvalue weighted by atomic mass is 9.98. The molecular formula is C18H16F3N3O5S. The lowest BCUT2D eigenvalue weighted by Gasteiger charge is -2.29. The summed E-state index contributed by atoms with van der Waals surface area (Å²) < 4.78 is 78.2. The van der Waals surface area contributed by atoms with Crippen molar-refractivity contribution in [3.8, 4) is 17.4 Å². The fourth-order valence-corrected chi connectivity index (χ4v) is 4.67. The van der Waals surface area contributed by atoms with E-state index in [9.17, 15) is 21.6 Å². The predicted molar refractivity (Wildman–Crippen MR) is 95.9 cm³/mol. The summed E-state index contributed by atoms with van der Waals surface area (Å²) in [5, 5.41) is 7.98. The van der Waals surface area contributed by atoms with Crippen LogP contribution in [0.15, 0.2) is 56.4 Å². The molecule has 160 valence electrons. The smallest absolute Gasteiger partial charge is 0.459 e. The van der Waals surface area contributed by atoms with Crippen LogP contribution in [-0.2, 0) is 10.0 Å². The summed E-state index contributed by atoms with van der Waals surface area (Å²) in [5.74, 6) is 0.532. The van der Waals surface area contributed by atoms with Crippen molar-refractivity contribution in [1.82, 2.24) is 14.5 Å². The summed E-state index contributed by atoms with van der Waals surface area (Å²) in [7, 11) is -3.84. The van der Waals surface area contributed by atoms with Gasteiger partial charge < -0.3 is 13.6 Å². The van der Waals surface area contributed by atoms with E-state index in [1.54, 1.807) is 12.1 Å². The molecule has 1 fully saturated rings. The van der Waals surface area contributed by atoms with E-state index in [1.165, 1.54) is 10.6 Å². The lowest BCUT2D eigenvalue weighted by Crippen LogP contribution is -2.37. The van der Waals surface area contributed by atoms with Crippen molar-refractivity contribution in [2.24, 2.45) is 0 Å². The molecule has 2 aromatic heterocycles. The molecule has 1 aromatic carbocycles. The average Bonchev–Trinajstić information content (AvgIpc) is 3.39. The number of nitrogens with zero attached hydrogens (tertiary/aromatic N) is 3. The van der Waals surface area contributed by atoms with Gasteiger partial charge in [-0.05, 0) is 49.2 Å². The third-order valence-corrected chi connectivity index (χ3v) is 6.58. The van der Waals surface area contributed by atoms with E-state index < -0.39 is 22.1 Å². The molecule has 3 heterocycles. The minimum absolute atomic E-state index is 0.102. The molecule has 12 heteroatoms. The Balaban J connectivity index is 1.40. The molecule has 0 N–H and O–H groups in total. The number of hydrogen-bond acceptors (Lipinski definition) is 7. The SMILES string of the molecule is O=S(=O)(c1ccc(OC(F)(F)F)cc1)N1CCC(c2nnc(-c3ccco3)o2)CC1. The third-order valence-electron chi connectivity index (χ3n) is 4.67.